The van der Waals surface area contributed by atoms with Crippen LogP contribution < -0.4 is 5.32 Å². The van der Waals surface area contributed by atoms with Gasteiger partial charge in [0.2, 0.25) is 0 Å². The normalized spacial score (nSPS) is 15.6. The van der Waals surface area contributed by atoms with Crippen molar-refractivity contribution in [3.63, 3.8) is 0 Å². The van der Waals surface area contributed by atoms with Crippen LogP contribution in [0.4, 0.5) is 0 Å². The zero-order valence-corrected chi connectivity index (χ0v) is 12.0. The van der Waals surface area contributed by atoms with E-state index < -0.39 is 0 Å². The molecule has 1 heteroatoms. The largest absolute Gasteiger partial charge is 0.313 e. The summed E-state index contributed by atoms with van der Waals surface area (Å²) in [5, 5.41) is 3.45. The van der Waals surface area contributed by atoms with E-state index in [1.807, 2.05) is 0 Å². The molecule has 1 aromatic rings. The standard InChI is InChI=1S/C16H27N/c1-6-13(2)16(3,4)12-15(17-5)14-10-8-7-9-11-14/h7-11,13,15,17H,6,12H2,1-5H3. The first kappa shape index (κ1) is 14.2. The van der Waals surface area contributed by atoms with Crippen molar-refractivity contribution in [2.45, 2.75) is 46.6 Å². The van der Waals surface area contributed by atoms with Gasteiger partial charge in [0.15, 0.2) is 0 Å². The zero-order chi connectivity index (χ0) is 12.9. The van der Waals surface area contributed by atoms with Crippen LogP contribution in [0.3, 0.4) is 0 Å². The van der Waals surface area contributed by atoms with Crippen LogP contribution in [0.25, 0.3) is 0 Å². The van der Waals surface area contributed by atoms with Crippen molar-refractivity contribution in [2.75, 3.05) is 7.05 Å². The fraction of sp³-hybridized carbons (Fsp3) is 0.625. The van der Waals surface area contributed by atoms with Gasteiger partial charge in [0.05, 0.1) is 0 Å². The van der Waals surface area contributed by atoms with Gasteiger partial charge in [-0.25, -0.2) is 0 Å². The maximum atomic E-state index is 3.45. The van der Waals surface area contributed by atoms with Crippen molar-refractivity contribution in [1.29, 1.82) is 0 Å². The molecule has 96 valence electrons. The Balaban J connectivity index is 2.77. The van der Waals surface area contributed by atoms with Crippen LogP contribution >= 0.6 is 0 Å². The summed E-state index contributed by atoms with van der Waals surface area (Å²) in [7, 11) is 2.06. The van der Waals surface area contributed by atoms with Crippen molar-refractivity contribution >= 4 is 0 Å². The Kier molecular flexibility index (Phi) is 5.20. The van der Waals surface area contributed by atoms with Gasteiger partial charge in [0.25, 0.3) is 0 Å². The fourth-order valence-corrected chi connectivity index (χ4v) is 2.35. The molecule has 2 atom stereocenters. The van der Waals surface area contributed by atoms with E-state index in [2.05, 4.69) is 70.4 Å². The summed E-state index contributed by atoms with van der Waals surface area (Å²) in [6.45, 7) is 9.41. The summed E-state index contributed by atoms with van der Waals surface area (Å²) in [4.78, 5) is 0. The lowest BCUT2D eigenvalue weighted by Gasteiger charge is -2.35. The molecule has 0 spiro atoms. The maximum absolute atomic E-state index is 3.45. The highest BCUT2D eigenvalue weighted by Gasteiger charge is 2.28. The van der Waals surface area contributed by atoms with Crippen molar-refractivity contribution in [1.82, 2.24) is 5.32 Å². The number of hydrogen-bond acceptors (Lipinski definition) is 1. The highest BCUT2D eigenvalue weighted by molar-refractivity contribution is 5.19. The number of hydrogen-bond donors (Lipinski definition) is 1. The van der Waals surface area contributed by atoms with Crippen LogP contribution in [0.15, 0.2) is 30.3 Å². The lowest BCUT2D eigenvalue weighted by molar-refractivity contribution is 0.183. The van der Waals surface area contributed by atoms with Crippen molar-refractivity contribution < 1.29 is 0 Å². The van der Waals surface area contributed by atoms with Gasteiger partial charge in [0, 0.05) is 6.04 Å². The number of nitrogens with one attached hydrogen (secondary N) is 1. The molecule has 1 nitrogen and oxygen atoms in total. The molecule has 2 unspecified atom stereocenters. The average Bonchev–Trinajstić information content (AvgIpc) is 2.36. The van der Waals surface area contributed by atoms with Crippen LogP contribution in [0.5, 0.6) is 0 Å². The molecule has 0 aliphatic rings. The molecule has 0 aromatic heterocycles. The van der Waals surface area contributed by atoms with E-state index in [0.29, 0.717) is 11.5 Å². The highest BCUT2D eigenvalue weighted by atomic mass is 14.9. The third kappa shape index (κ3) is 3.85. The predicted molar refractivity (Wildman–Crippen MR) is 76.1 cm³/mol. The Morgan fingerprint density at radius 2 is 1.76 bits per heavy atom. The molecule has 0 radical (unpaired) electrons. The summed E-state index contributed by atoms with van der Waals surface area (Å²) < 4.78 is 0. The number of rotatable bonds is 6. The molecule has 0 saturated carbocycles. The molecule has 0 saturated heterocycles. The topological polar surface area (TPSA) is 12.0 Å². The summed E-state index contributed by atoms with van der Waals surface area (Å²) in [6.07, 6.45) is 2.43. The maximum Gasteiger partial charge on any atom is 0.0322 e. The molecule has 0 bridgehead atoms. The lowest BCUT2D eigenvalue weighted by Crippen LogP contribution is -2.28. The van der Waals surface area contributed by atoms with E-state index in [0.717, 1.165) is 5.92 Å². The van der Waals surface area contributed by atoms with Gasteiger partial charge >= 0.3 is 0 Å². The fourth-order valence-electron chi connectivity index (χ4n) is 2.35. The van der Waals surface area contributed by atoms with Crippen molar-refractivity contribution in [2.24, 2.45) is 11.3 Å². The first-order valence-electron chi connectivity index (χ1n) is 6.73. The Bertz CT molecular complexity index is 316. The molecule has 0 fully saturated rings. The first-order valence-corrected chi connectivity index (χ1v) is 6.73. The Morgan fingerprint density at radius 1 is 1.18 bits per heavy atom. The molecule has 1 rings (SSSR count). The van der Waals surface area contributed by atoms with Gasteiger partial charge in [-0.3, -0.25) is 0 Å². The minimum Gasteiger partial charge on any atom is -0.313 e. The Morgan fingerprint density at radius 3 is 2.24 bits per heavy atom. The second-order valence-electron chi connectivity index (χ2n) is 5.75. The van der Waals surface area contributed by atoms with E-state index >= 15 is 0 Å². The van der Waals surface area contributed by atoms with Crippen LogP contribution in [-0.2, 0) is 0 Å². The van der Waals surface area contributed by atoms with Crippen LogP contribution in [-0.4, -0.2) is 7.05 Å². The zero-order valence-electron chi connectivity index (χ0n) is 12.0. The van der Waals surface area contributed by atoms with E-state index in [1.165, 1.54) is 18.4 Å². The Labute approximate surface area is 107 Å². The molecule has 0 heterocycles. The van der Waals surface area contributed by atoms with E-state index in [1.54, 1.807) is 0 Å². The van der Waals surface area contributed by atoms with Gasteiger partial charge in [-0.2, -0.15) is 0 Å². The quantitative estimate of drug-likeness (QED) is 0.767. The summed E-state index contributed by atoms with van der Waals surface area (Å²) >= 11 is 0. The highest BCUT2D eigenvalue weighted by Crippen LogP contribution is 2.37. The third-order valence-corrected chi connectivity index (χ3v) is 4.23. The smallest absolute Gasteiger partial charge is 0.0322 e. The van der Waals surface area contributed by atoms with Gasteiger partial charge < -0.3 is 5.32 Å². The third-order valence-electron chi connectivity index (χ3n) is 4.23. The molecule has 0 aliphatic carbocycles. The minimum atomic E-state index is 0.373. The van der Waals surface area contributed by atoms with E-state index in [4.69, 9.17) is 0 Å². The lowest BCUT2D eigenvalue weighted by atomic mass is 9.73. The second kappa shape index (κ2) is 6.20. The molecular formula is C16H27N. The molecular weight excluding hydrogens is 206 g/mol. The van der Waals surface area contributed by atoms with Gasteiger partial charge in [-0.15, -0.1) is 0 Å². The minimum absolute atomic E-state index is 0.373. The monoisotopic (exact) mass is 233 g/mol. The van der Waals surface area contributed by atoms with Crippen LogP contribution in [0.1, 0.15) is 52.1 Å². The summed E-state index contributed by atoms with van der Waals surface area (Å²) in [5.74, 6) is 0.752. The average molecular weight is 233 g/mol. The van der Waals surface area contributed by atoms with Gasteiger partial charge in [-0.05, 0) is 30.4 Å². The van der Waals surface area contributed by atoms with Gasteiger partial charge in [-0.1, -0.05) is 64.4 Å². The van der Waals surface area contributed by atoms with Crippen LogP contribution in [0, 0.1) is 11.3 Å². The SMILES string of the molecule is CCC(C)C(C)(C)CC(NC)c1ccccc1. The van der Waals surface area contributed by atoms with E-state index in [9.17, 15) is 0 Å². The predicted octanol–water partition coefficient (Wildman–Crippen LogP) is 4.41. The van der Waals surface area contributed by atoms with Crippen LogP contribution in [0.2, 0.25) is 0 Å². The van der Waals surface area contributed by atoms with E-state index in [-0.39, 0.29) is 0 Å². The molecule has 1 aromatic carbocycles. The molecule has 0 amide bonds. The van der Waals surface area contributed by atoms with Gasteiger partial charge in [0.1, 0.15) is 0 Å². The molecule has 1 N–H and O–H groups in total. The molecule has 17 heavy (non-hydrogen) atoms. The van der Waals surface area contributed by atoms with Crippen molar-refractivity contribution in [3.8, 4) is 0 Å². The van der Waals surface area contributed by atoms with Crippen molar-refractivity contribution in [3.05, 3.63) is 35.9 Å². The number of benzene rings is 1. The Hall–Kier alpha value is -0.820. The first-order chi connectivity index (χ1) is 8.01. The molecule has 0 aliphatic heterocycles. The summed E-state index contributed by atoms with van der Waals surface area (Å²) in [5.41, 5.74) is 1.77. The second-order valence-corrected chi connectivity index (χ2v) is 5.75. The summed E-state index contributed by atoms with van der Waals surface area (Å²) in [6, 6.07) is 11.2.